The summed E-state index contributed by atoms with van der Waals surface area (Å²) in [5.41, 5.74) is 1.63. The lowest BCUT2D eigenvalue weighted by atomic mass is 9.96. The van der Waals surface area contributed by atoms with Gasteiger partial charge in [-0.2, -0.15) is 0 Å². The molecule has 0 unspecified atom stereocenters. The first-order valence-corrected chi connectivity index (χ1v) is 12.1. The number of hydrogen-bond acceptors (Lipinski definition) is 6. The quantitative estimate of drug-likeness (QED) is 0.697. The van der Waals surface area contributed by atoms with Crippen molar-refractivity contribution in [2.75, 3.05) is 51.3 Å². The van der Waals surface area contributed by atoms with E-state index in [2.05, 4.69) is 22.2 Å². The fourth-order valence-electron chi connectivity index (χ4n) is 5.09. The summed E-state index contributed by atoms with van der Waals surface area (Å²) in [6, 6.07) is 6.38. The molecule has 2 amide bonds. The highest BCUT2D eigenvalue weighted by Gasteiger charge is 2.51. The average Bonchev–Trinajstić information content (AvgIpc) is 3.37. The maximum Gasteiger partial charge on any atom is 0.251 e. The van der Waals surface area contributed by atoms with Gasteiger partial charge in [-0.15, -0.1) is 0 Å². The van der Waals surface area contributed by atoms with Crippen LogP contribution in [0.5, 0.6) is 0 Å². The second-order valence-electron chi connectivity index (χ2n) is 9.83. The molecule has 33 heavy (non-hydrogen) atoms. The van der Waals surface area contributed by atoms with E-state index in [1.54, 1.807) is 4.90 Å². The summed E-state index contributed by atoms with van der Waals surface area (Å²) >= 11 is 0. The number of amides is 2. The van der Waals surface area contributed by atoms with Crippen LogP contribution >= 0.6 is 0 Å². The number of ether oxygens (including phenoxy) is 1. The normalized spacial score (nSPS) is 27.4. The van der Waals surface area contributed by atoms with Crippen LogP contribution < -0.4 is 10.2 Å². The number of rotatable bonds is 6. The van der Waals surface area contributed by atoms with Crippen molar-refractivity contribution in [2.24, 2.45) is 11.8 Å². The van der Waals surface area contributed by atoms with Gasteiger partial charge in [0.15, 0.2) is 5.78 Å². The SMILES string of the molecule is CC[C@H](C)[C@H](NC(=O)c1ccc(N2CCN(C)CC2)cc1)C(=O)N1C[C@@H](C)[C@H]2OCC(=O)[C@H]21. The van der Waals surface area contributed by atoms with Crippen molar-refractivity contribution >= 4 is 23.3 Å². The van der Waals surface area contributed by atoms with E-state index in [0.29, 0.717) is 12.1 Å². The van der Waals surface area contributed by atoms with Gasteiger partial charge in [0.2, 0.25) is 5.91 Å². The zero-order chi connectivity index (χ0) is 23.7. The minimum absolute atomic E-state index is 0.0496. The van der Waals surface area contributed by atoms with Crippen molar-refractivity contribution < 1.29 is 19.1 Å². The minimum Gasteiger partial charge on any atom is -0.369 e. The number of Topliss-reactive ketones (excluding diaryl/α,β-unsaturated/α-hetero) is 1. The van der Waals surface area contributed by atoms with Gasteiger partial charge in [0.25, 0.3) is 5.91 Å². The molecular formula is C25H36N4O4. The van der Waals surface area contributed by atoms with Crippen molar-refractivity contribution in [1.29, 1.82) is 0 Å². The fraction of sp³-hybridized carbons (Fsp3) is 0.640. The maximum absolute atomic E-state index is 13.5. The number of likely N-dealkylation sites (tertiary alicyclic amines) is 1. The molecule has 3 aliphatic rings. The van der Waals surface area contributed by atoms with Gasteiger partial charge in [-0.25, -0.2) is 0 Å². The molecule has 1 N–H and O–H groups in total. The zero-order valence-corrected chi connectivity index (χ0v) is 20.1. The summed E-state index contributed by atoms with van der Waals surface area (Å²) in [7, 11) is 2.12. The predicted octanol–water partition coefficient (Wildman–Crippen LogP) is 1.40. The number of anilines is 1. The van der Waals surface area contributed by atoms with Crippen LogP contribution in [0.2, 0.25) is 0 Å². The van der Waals surface area contributed by atoms with Gasteiger partial charge in [-0.05, 0) is 37.2 Å². The Hall–Kier alpha value is -2.45. The molecule has 5 atom stereocenters. The van der Waals surface area contributed by atoms with Crippen molar-refractivity contribution in [3.63, 3.8) is 0 Å². The highest BCUT2D eigenvalue weighted by atomic mass is 16.5. The van der Waals surface area contributed by atoms with Crippen LogP contribution in [-0.4, -0.2) is 92.0 Å². The molecule has 3 saturated heterocycles. The summed E-state index contributed by atoms with van der Waals surface area (Å²) in [4.78, 5) is 45.3. The molecule has 0 radical (unpaired) electrons. The van der Waals surface area contributed by atoms with Gasteiger partial charge in [0.1, 0.15) is 18.7 Å². The molecule has 3 aliphatic heterocycles. The number of hydrogen-bond donors (Lipinski definition) is 1. The Kier molecular flexibility index (Phi) is 7.05. The lowest BCUT2D eigenvalue weighted by Gasteiger charge is -2.34. The number of likely N-dealkylation sites (N-methyl/N-ethyl adjacent to an activating group) is 1. The Bertz CT molecular complexity index is 881. The topological polar surface area (TPSA) is 82.2 Å². The van der Waals surface area contributed by atoms with E-state index in [0.717, 1.165) is 38.3 Å². The number of ketones is 1. The van der Waals surface area contributed by atoms with E-state index >= 15 is 0 Å². The first-order valence-electron chi connectivity index (χ1n) is 12.1. The molecule has 0 aliphatic carbocycles. The van der Waals surface area contributed by atoms with Gasteiger partial charge in [-0.3, -0.25) is 14.4 Å². The molecular weight excluding hydrogens is 420 g/mol. The molecule has 3 heterocycles. The predicted molar refractivity (Wildman–Crippen MR) is 126 cm³/mol. The van der Waals surface area contributed by atoms with Crippen LogP contribution in [-0.2, 0) is 14.3 Å². The molecule has 1 aromatic carbocycles. The largest absolute Gasteiger partial charge is 0.369 e. The number of carbonyl (C=O) groups is 3. The van der Waals surface area contributed by atoms with E-state index < -0.39 is 12.1 Å². The van der Waals surface area contributed by atoms with Crippen molar-refractivity contribution in [3.8, 4) is 0 Å². The second-order valence-corrected chi connectivity index (χ2v) is 9.83. The maximum atomic E-state index is 13.5. The van der Waals surface area contributed by atoms with Crippen molar-refractivity contribution in [2.45, 2.75) is 45.4 Å². The Morgan fingerprint density at radius 3 is 2.45 bits per heavy atom. The molecule has 1 aromatic rings. The minimum atomic E-state index is -0.681. The summed E-state index contributed by atoms with van der Waals surface area (Å²) in [5.74, 6) is -0.466. The second kappa shape index (κ2) is 9.81. The van der Waals surface area contributed by atoms with E-state index in [1.165, 1.54) is 0 Å². The van der Waals surface area contributed by atoms with Gasteiger partial charge in [0.05, 0.1) is 6.10 Å². The molecule has 8 heteroatoms. The number of fused-ring (bicyclic) bond motifs is 1. The number of nitrogens with zero attached hydrogens (tertiary/aromatic N) is 3. The Balaban J connectivity index is 1.45. The molecule has 0 aromatic heterocycles. The first-order chi connectivity index (χ1) is 15.8. The van der Waals surface area contributed by atoms with Gasteiger partial charge in [0, 0.05) is 49.9 Å². The fourth-order valence-corrected chi connectivity index (χ4v) is 5.09. The highest BCUT2D eigenvalue weighted by molar-refractivity contribution is 5.99. The summed E-state index contributed by atoms with van der Waals surface area (Å²) < 4.78 is 5.63. The number of nitrogens with one attached hydrogen (secondary N) is 1. The molecule has 0 spiro atoms. The van der Waals surface area contributed by atoms with Crippen molar-refractivity contribution in [1.82, 2.24) is 15.1 Å². The Labute approximate surface area is 196 Å². The Morgan fingerprint density at radius 1 is 1.15 bits per heavy atom. The van der Waals surface area contributed by atoms with E-state index in [9.17, 15) is 14.4 Å². The van der Waals surface area contributed by atoms with E-state index in [4.69, 9.17) is 4.74 Å². The van der Waals surface area contributed by atoms with Crippen LogP contribution in [0, 0.1) is 11.8 Å². The highest BCUT2D eigenvalue weighted by Crippen LogP contribution is 2.32. The Morgan fingerprint density at radius 2 is 1.82 bits per heavy atom. The third-order valence-corrected chi connectivity index (χ3v) is 7.49. The first kappa shape index (κ1) is 23.7. The standard InChI is InChI=1S/C25H36N4O4/c1-5-16(2)21(25(32)29-14-17(3)23-22(29)20(30)15-33-23)26-24(31)18-6-8-19(9-7-18)28-12-10-27(4)11-13-28/h6-9,16-17,21-23H,5,10-15H2,1-4H3,(H,26,31)/t16-,17+,21-,22+,23+/m0/s1. The van der Waals surface area contributed by atoms with Gasteiger partial charge < -0.3 is 24.8 Å². The van der Waals surface area contributed by atoms with Gasteiger partial charge in [-0.1, -0.05) is 27.2 Å². The van der Waals surface area contributed by atoms with Crippen LogP contribution in [0.4, 0.5) is 5.69 Å². The van der Waals surface area contributed by atoms with Crippen LogP contribution in [0.1, 0.15) is 37.6 Å². The molecule has 0 bridgehead atoms. The van der Waals surface area contributed by atoms with Crippen LogP contribution in [0.3, 0.4) is 0 Å². The molecule has 3 fully saturated rings. The molecule has 0 saturated carbocycles. The summed E-state index contributed by atoms with van der Waals surface area (Å²) in [5, 5.41) is 2.97. The van der Waals surface area contributed by atoms with E-state index in [1.807, 2.05) is 45.0 Å². The third-order valence-electron chi connectivity index (χ3n) is 7.49. The van der Waals surface area contributed by atoms with E-state index in [-0.39, 0.29) is 42.1 Å². The smallest absolute Gasteiger partial charge is 0.251 e. The number of benzene rings is 1. The molecule has 8 nitrogen and oxygen atoms in total. The zero-order valence-electron chi connectivity index (χ0n) is 20.1. The van der Waals surface area contributed by atoms with Gasteiger partial charge >= 0.3 is 0 Å². The molecule has 4 rings (SSSR count). The van der Waals surface area contributed by atoms with Crippen LogP contribution in [0.25, 0.3) is 0 Å². The molecule has 180 valence electrons. The number of carbonyl (C=O) groups excluding carboxylic acids is 3. The average molecular weight is 457 g/mol. The number of piperazine rings is 1. The van der Waals surface area contributed by atoms with Crippen LogP contribution in [0.15, 0.2) is 24.3 Å². The lowest BCUT2D eigenvalue weighted by Crippen LogP contribution is -2.54. The third kappa shape index (κ3) is 4.77. The summed E-state index contributed by atoms with van der Waals surface area (Å²) in [6.45, 7) is 10.5. The monoisotopic (exact) mass is 456 g/mol. The lowest BCUT2D eigenvalue weighted by molar-refractivity contribution is -0.139. The van der Waals surface area contributed by atoms with Crippen molar-refractivity contribution in [3.05, 3.63) is 29.8 Å². The summed E-state index contributed by atoms with van der Waals surface area (Å²) in [6.07, 6.45) is 0.498.